The van der Waals surface area contributed by atoms with Crippen LogP contribution in [0.1, 0.15) is 5.56 Å². The molecule has 4 rings (SSSR count). The number of fused-ring (bicyclic) bond motifs is 2. The molecule has 0 atom stereocenters. The molecule has 2 aliphatic heterocycles. The Morgan fingerprint density at radius 1 is 0.889 bits per heavy atom. The summed E-state index contributed by atoms with van der Waals surface area (Å²) in [6.07, 6.45) is 5.09. The predicted octanol–water partition coefficient (Wildman–Crippen LogP) is 2.05. The third-order valence-corrected chi connectivity index (χ3v) is 3.04. The van der Waals surface area contributed by atoms with Crippen molar-refractivity contribution in [2.45, 2.75) is 6.42 Å². The Kier molecular flexibility index (Phi) is 3.01. The van der Waals surface area contributed by atoms with Crippen LogP contribution in [-0.4, -0.2) is 12.8 Å². The van der Waals surface area contributed by atoms with E-state index in [-0.39, 0.29) is 0 Å². The highest BCUT2D eigenvalue weighted by Gasteiger charge is 2.01. The van der Waals surface area contributed by atoms with Crippen LogP contribution in [0.25, 0.3) is 6.08 Å². The van der Waals surface area contributed by atoms with Gasteiger partial charge in [-0.05, 0) is 22.9 Å². The lowest BCUT2D eigenvalue weighted by Gasteiger charge is -1.91. The lowest BCUT2D eigenvalue weighted by molar-refractivity contribution is 1.22. The van der Waals surface area contributed by atoms with Gasteiger partial charge in [-0.3, -0.25) is 9.98 Å². The Morgan fingerprint density at radius 3 is 2.61 bits per heavy atom. The van der Waals surface area contributed by atoms with Crippen LogP contribution in [0.5, 0.6) is 0 Å². The minimum atomic E-state index is 0.860. The average Bonchev–Trinajstić information content (AvgIpc) is 3.08. The van der Waals surface area contributed by atoms with Crippen molar-refractivity contribution in [3.63, 3.8) is 0 Å². The first kappa shape index (κ1) is 10.9. The summed E-state index contributed by atoms with van der Waals surface area (Å²) in [6, 6.07) is 16.4. The summed E-state index contributed by atoms with van der Waals surface area (Å²) in [5.74, 6) is 0. The van der Waals surface area contributed by atoms with Gasteiger partial charge in [0.05, 0.1) is 17.6 Å². The molecule has 18 heavy (non-hydrogen) atoms. The topological polar surface area (TPSA) is 24.7 Å². The van der Waals surface area contributed by atoms with Crippen molar-refractivity contribution in [3.05, 3.63) is 64.7 Å². The molecule has 0 bridgehead atoms. The number of benzene rings is 2. The molecule has 2 heteroatoms. The van der Waals surface area contributed by atoms with E-state index in [0.717, 1.165) is 24.0 Å². The molecule has 0 aliphatic carbocycles. The molecule has 0 unspecified atom stereocenters. The summed E-state index contributed by atoms with van der Waals surface area (Å²) in [7, 11) is 0. The van der Waals surface area contributed by atoms with Crippen molar-refractivity contribution in [2.24, 2.45) is 9.98 Å². The van der Waals surface area contributed by atoms with Crippen molar-refractivity contribution in [1.29, 1.82) is 0 Å². The highest BCUT2D eigenvalue weighted by atomic mass is 14.7. The second-order valence-corrected chi connectivity index (χ2v) is 4.25. The summed E-state index contributed by atoms with van der Waals surface area (Å²) in [5, 5.41) is 2.41. The Morgan fingerprint density at radius 2 is 1.72 bits per heavy atom. The van der Waals surface area contributed by atoms with E-state index in [1.807, 2.05) is 42.6 Å². The Hall–Kier alpha value is -2.22. The molecular formula is C16H14N2. The molecule has 2 aromatic rings. The van der Waals surface area contributed by atoms with Crippen molar-refractivity contribution >= 4 is 18.0 Å². The maximum Gasteiger partial charge on any atom is 0.0661 e. The zero-order valence-corrected chi connectivity index (χ0v) is 10.1. The van der Waals surface area contributed by atoms with Crippen LogP contribution in [0.2, 0.25) is 0 Å². The number of hydrogen-bond donors (Lipinski definition) is 0. The fourth-order valence-electron chi connectivity index (χ4n) is 2.10. The van der Waals surface area contributed by atoms with Crippen LogP contribution < -0.4 is 10.6 Å². The molecule has 2 aliphatic rings. The van der Waals surface area contributed by atoms with Crippen LogP contribution in [0.3, 0.4) is 0 Å². The summed E-state index contributed by atoms with van der Waals surface area (Å²) in [6.45, 7) is 0.860. The van der Waals surface area contributed by atoms with E-state index in [1.165, 1.54) is 10.8 Å². The predicted molar refractivity (Wildman–Crippen MR) is 74.9 cm³/mol. The van der Waals surface area contributed by atoms with Gasteiger partial charge in [0, 0.05) is 12.6 Å². The zero-order valence-electron chi connectivity index (χ0n) is 10.1. The average molecular weight is 234 g/mol. The first-order chi connectivity index (χ1) is 8.93. The fourth-order valence-corrected chi connectivity index (χ4v) is 2.10. The molecule has 0 N–H and O–H groups in total. The lowest BCUT2D eigenvalue weighted by atomic mass is 10.2. The van der Waals surface area contributed by atoms with Crippen LogP contribution >= 0.6 is 0 Å². The maximum atomic E-state index is 4.24. The summed E-state index contributed by atoms with van der Waals surface area (Å²) >= 11 is 0. The molecule has 0 fully saturated rings. The highest BCUT2D eigenvalue weighted by molar-refractivity contribution is 5.75. The fraction of sp³-hybridized carbons (Fsp3) is 0.125. The minimum absolute atomic E-state index is 0.860. The molecule has 2 heterocycles. The van der Waals surface area contributed by atoms with Gasteiger partial charge in [0.2, 0.25) is 0 Å². The van der Waals surface area contributed by atoms with Gasteiger partial charge in [0.15, 0.2) is 0 Å². The van der Waals surface area contributed by atoms with E-state index in [0.29, 0.717) is 0 Å². The highest BCUT2D eigenvalue weighted by Crippen LogP contribution is 2.22. The van der Waals surface area contributed by atoms with E-state index in [4.69, 9.17) is 0 Å². The smallest absolute Gasteiger partial charge is 0.0661 e. The van der Waals surface area contributed by atoms with E-state index in [2.05, 4.69) is 28.2 Å². The van der Waals surface area contributed by atoms with Gasteiger partial charge >= 0.3 is 0 Å². The minimum Gasteiger partial charge on any atom is -0.281 e. The van der Waals surface area contributed by atoms with Gasteiger partial charge in [0.1, 0.15) is 0 Å². The molecule has 0 radical (unpaired) electrons. The monoisotopic (exact) mass is 234 g/mol. The number of para-hydroxylation sites is 2. The van der Waals surface area contributed by atoms with Crippen molar-refractivity contribution < 1.29 is 0 Å². The van der Waals surface area contributed by atoms with Gasteiger partial charge in [-0.15, -0.1) is 0 Å². The van der Waals surface area contributed by atoms with E-state index in [9.17, 15) is 0 Å². The molecule has 0 saturated carbocycles. The molecule has 88 valence electrons. The largest absolute Gasteiger partial charge is 0.281 e. The molecule has 0 amide bonds. The SMILES string of the molecule is C1=Nc2ccccc2C1.C1=c2ccccc2=NC1. The number of hydrogen-bond acceptors (Lipinski definition) is 2. The second kappa shape index (κ2) is 4.96. The summed E-state index contributed by atoms with van der Waals surface area (Å²) < 4.78 is 0. The van der Waals surface area contributed by atoms with Gasteiger partial charge < -0.3 is 0 Å². The van der Waals surface area contributed by atoms with Crippen molar-refractivity contribution in [1.82, 2.24) is 0 Å². The number of nitrogens with zero attached hydrogens (tertiary/aromatic N) is 2. The Labute approximate surface area is 106 Å². The van der Waals surface area contributed by atoms with E-state index in [1.54, 1.807) is 0 Å². The Bertz CT molecular complexity index is 666. The Balaban J connectivity index is 0.000000111. The van der Waals surface area contributed by atoms with Crippen LogP contribution in [-0.2, 0) is 6.42 Å². The van der Waals surface area contributed by atoms with Gasteiger partial charge in [-0.1, -0.05) is 42.5 Å². The quantitative estimate of drug-likeness (QED) is 0.666. The molecular weight excluding hydrogens is 220 g/mol. The standard InChI is InChI=1S/2C8H7N/c2*1-2-4-8-7(3-1)5-6-9-8/h1-4,6H,5H2;1-5H,6H2. The lowest BCUT2D eigenvalue weighted by Crippen LogP contribution is -2.19. The second-order valence-electron chi connectivity index (χ2n) is 4.25. The first-order valence-corrected chi connectivity index (χ1v) is 6.14. The third kappa shape index (κ3) is 2.23. The molecule has 2 nitrogen and oxygen atoms in total. The molecule has 0 spiro atoms. The molecule has 0 aromatic heterocycles. The van der Waals surface area contributed by atoms with Crippen LogP contribution in [0.15, 0.2) is 58.5 Å². The summed E-state index contributed by atoms with van der Waals surface area (Å²) in [4.78, 5) is 8.42. The normalized spacial score (nSPS) is 13.8. The summed E-state index contributed by atoms with van der Waals surface area (Å²) in [5.41, 5.74) is 2.48. The van der Waals surface area contributed by atoms with Gasteiger partial charge in [0.25, 0.3) is 0 Å². The van der Waals surface area contributed by atoms with Crippen molar-refractivity contribution in [3.8, 4) is 0 Å². The van der Waals surface area contributed by atoms with Crippen LogP contribution in [0.4, 0.5) is 5.69 Å². The third-order valence-electron chi connectivity index (χ3n) is 3.04. The zero-order chi connectivity index (χ0) is 12.2. The number of aliphatic imine (C=N–C) groups is 1. The molecule has 0 saturated heterocycles. The number of rotatable bonds is 0. The van der Waals surface area contributed by atoms with E-state index >= 15 is 0 Å². The van der Waals surface area contributed by atoms with Gasteiger partial charge in [-0.25, -0.2) is 0 Å². The van der Waals surface area contributed by atoms with Crippen molar-refractivity contribution in [2.75, 3.05) is 6.54 Å². The maximum absolute atomic E-state index is 4.24. The van der Waals surface area contributed by atoms with E-state index < -0.39 is 0 Å². The first-order valence-electron chi connectivity index (χ1n) is 6.14. The van der Waals surface area contributed by atoms with Crippen LogP contribution in [0, 0.1) is 0 Å². The molecule has 2 aromatic carbocycles. The van der Waals surface area contributed by atoms with Gasteiger partial charge in [-0.2, -0.15) is 0 Å².